The van der Waals surface area contributed by atoms with Crippen molar-refractivity contribution in [3.63, 3.8) is 0 Å². The van der Waals surface area contributed by atoms with Gasteiger partial charge in [-0.1, -0.05) is 62.7 Å². The molecule has 1 atom stereocenters. The third-order valence-corrected chi connectivity index (χ3v) is 8.73. The summed E-state index contributed by atoms with van der Waals surface area (Å²) in [6.45, 7) is 9.68. The molecule has 0 bridgehead atoms. The van der Waals surface area contributed by atoms with Crippen LogP contribution in [0.25, 0.3) is 0 Å². The highest BCUT2D eigenvalue weighted by Gasteiger charge is 2.32. The van der Waals surface area contributed by atoms with E-state index in [0.29, 0.717) is 18.0 Å². The fourth-order valence-corrected chi connectivity index (χ4v) is 5.75. The maximum absolute atomic E-state index is 14.0. The van der Waals surface area contributed by atoms with Crippen LogP contribution in [0.3, 0.4) is 0 Å². The van der Waals surface area contributed by atoms with Gasteiger partial charge in [-0.2, -0.15) is 0 Å². The van der Waals surface area contributed by atoms with Gasteiger partial charge >= 0.3 is 0 Å². The number of rotatable bonds is 13. The molecule has 3 aromatic carbocycles. The van der Waals surface area contributed by atoms with E-state index in [9.17, 15) is 18.0 Å². The van der Waals surface area contributed by atoms with E-state index in [-0.39, 0.29) is 23.3 Å². The smallest absolute Gasteiger partial charge is 0.264 e. The van der Waals surface area contributed by atoms with Crippen LogP contribution in [0.1, 0.15) is 56.7 Å². The van der Waals surface area contributed by atoms with E-state index in [1.165, 1.54) is 4.90 Å². The summed E-state index contributed by atoms with van der Waals surface area (Å²) in [5.74, 6) is 0.0633. The van der Waals surface area contributed by atoms with Gasteiger partial charge in [0, 0.05) is 13.1 Å². The number of nitrogens with one attached hydrogen (secondary N) is 1. The highest BCUT2D eigenvalue weighted by atomic mass is 32.2. The monoisotopic (exact) mass is 579 g/mol. The van der Waals surface area contributed by atoms with Crippen LogP contribution in [0.15, 0.2) is 77.7 Å². The summed E-state index contributed by atoms with van der Waals surface area (Å²) in [5.41, 5.74) is 3.09. The van der Waals surface area contributed by atoms with Gasteiger partial charge in [0.1, 0.15) is 18.3 Å². The molecule has 3 rings (SSSR count). The van der Waals surface area contributed by atoms with Gasteiger partial charge in [0.25, 0.3) is 10.0 Å². The minimum absolute atomic E-state index is 0.0805. The molecule has 0 saturated heterocycles. The Kier molecular flexibility index (Phi) is 10.9. The Balaban J connectivity index is 2.04. The molecule has 0 fully saturated rings. The van der Waals surface area contributed by atoms with Crippen LogP contribution >= 0.6 is 0 Å². The third-order valence-electron chi connectivity index (χ3n) is 6.94. The lowest BCUT2D eigenvalue weighted by Crippen LogP contribution is -2.51. The van der Waals surface area contributed by atoms with Crippen molar-refractivity contribution in [2.45, 2.75) is 64.4 Å². The molecule has 2 amide bonds. The Morgan fingerprint density at radius 3 is 2.20 bits per heavy atom. The fraction of sp³-hybridized carbons (Fsp3) is 0.375. The number of hydrogen-bond acceptors (Lipinski definition) is 5. The Morgan fingerprint density at radius 1 is 0.951 bits per heavy atom. The fourth-order valence-electron chi connectivity index (χ4n) is 4.34. The standard InChI is InChI=1S/C32H41N3O5S/c1-7-19-33-32(37)25(5)34(21-26-9-8-10-29(20-26)40-6)31(36)22-35(28-15-13-27(14-16-28)23(2)3)41(38,39)30-17-11-24(4)12-18-30/h8-18,20,23,25H,7,19,21-22H2,1-6H3,(H,33,37)/t25-/m1/s1. The minimum atomic E-state index is -4.11. The zero-order chi connectivity index (χ0) is 30.2. The van der Waals surface area contributed by atoms with E-state index in [4.69, 9.17) is 4.74 Å². The predicted molar refractivity (Wildman–Crippen MR) is 163 cm³/mol. The van der Waals surface area contributed by atoms with Crippen LogP contribution in [-0.4, -0.2) is 51.4 Å². The molecule has 0 spiro atoms. The summed E-state index contributed by atoms with van der Waals surface area (Å²) < 4.78 is 34.4. The molecule has 0 heterocycles. The Morgan fingerprint density at radius 2 is 1.61 bits per heavy atom. The van der Waals surface area contributed by atoms with Crippen LogP contribution in [-0.2, 0) is 26.2 Å². The summed E-state index contributed by atoms with van der Waals surface area (Å²) in [6.07, 6.45) is 0.747. The number of aryl methyl sites for hydroxylation is 1. The maximum atomic E-state index is 14.0. The number of ether oxygens (including phenoxy) is 1. The van der Waals surface area contributed by atoms with Crippen molar-refractivity contribution < 1.29 is 22.7 Å². The number of nitrogens with zero attached hydrogens (tertiary/aromatic N) is 2. The number of anilines is 1. The largest absolute Gasteiger partial charge is 0.497 e. The van der Waals surface area contributed by atoms with Crippen LogP contribution in [0.5, 0.6) is 5.75 Å². The van der Waals surface area contributed by atoms with Crippen molar-refractivity contribution in [2.24, 2.45) is 0 Å². The van der Waals surface area contributed by atoms with Gasteiger partial charge in [-0.25, -0.2) is 8.42 Å². The molecule has 9 heteroatoms. The molecule has 3 aromatic rings. The molecule has 41 heavy (non-hydrogen) atoms. The molecule has 0 radical (unpaired) electrons. The van der Waals surface area contributed by atoms with Crippen molar-refractivity contribution in [1.82, 2.24) is 10.2 Å². The van der Waals surface area contributed by atoms with Gasteiger partial charge in [-0.05, 0) is 73.7 Å². The number of hydrogen-bond donors (Lipinski definition) is 1. The average Bonchev–Trinajstić information content (AvgIpc) is 2.97. The number of sulfonamides is 1. The van der Waals surface area contributed by atoms with Gasteiger partial charge in [0.15, 0.2) is 0 Å². The molecule has 0 aromatic heterocycles. The number of carbonyl (C=O) groups is 2. The Labute approximate surface area is 244 Å². The van der Waals surface area contributed by atoms with Crippen molar-refractivity contribution in [3.8, 4) is 5.75 Å². The molecule has 8 nitrogen and oxygen atoms in total. The molecule has 0 saturated carbocycles. The quantitative estimate of drug-likeness (QED) is 0.298. The summed E-state index contributed by atoms with van der Waals surface area (Å²) in [7, 11) is -2.55. The second-order valence-corrected chi connectivity index (χ2v) is 12.3. The van der Waals surface area contributed by atoms with Gasteiger partial charge < -0.3 is 15.0 Å². The van der Waals surface area contributed by atoms with Crippen molar-refractivity contribution >= 4 is 27.5 Å². The van der Waals surface area contributed by atoms with Crippen LogP contribution in [0, 0.1) is 6.92 Å². The minimum Gasteiger partial charge on any atom is -0.497 e. The first kappa shape index (κ1) is 31.7. The van der Waals surface area contributed by atoms with Crippen LogP contribution < -0.4 is 14.4 Å². The second kappa shape index (κ2) is 14.2. The first-order valence-corrected chi connectivity index (χ1v) is 15.3. The van der Waals surface area contributed by atoms with E-state index in [0.717, 1.165) is 27.4 Å². The predicted octanol–water partition coefficient (Wildman–Crippen LogP) is 5.27. The van der Waals surface area contributed by atoms with Crippen molar-refractivity contribution in [3.05, 3.63) is 89.5 Å². The van der Waals surface area contributed by atoms with Crippen LogP contribution in [0.4, 0.5) is 5.69 Å². The summed E-state index contributed by atoms with van der Waals surface area (Å²) >= 11 is 0. The Bertz CT molecular complexity index is 1420. The highest BCUT2D eigenvalue weighted by molar-refractivity contribution is 7.92. The van der Waals surface area contributed by atoms with Crippen molar-refractivity contribution in [1.29, 1.82) is 0 Å². The van der Waals surface area contributed by atoms with Gasteiger partial charge in [0.05, 0.1) is 17.7 Å². The Hall–Kier alpha value is -3.85. The molecular formula is C32H41N3O5S. The second-order valence-electron chi connectivity index (χ2n) is 10.4. The number of benzene rings is 3. The average molecular weight is 580 g/mol. The number of methoxy groups -OCH3 is 1. The lowest BCUT2D eigenvalue weighted by Gasteiger charge is -2.32. The molecule has 220 valence electrons. The lowest BCUT2D eigenvalue weighted by atomic mass is 10.0. The van der Waals surface area contributed by atoms with E-state index in [2.05, 4.69) is 19.2 Å². The van der Waals surface area contributed by atoms with E-state index in [1.54, 1.807) is 62.6 Å². The molecule has 0 aliphatic heterocycles. The zero-order valence-electron chi connectivity index (χ0n) is 24.8. The maximum Gasteiger partial charge on any atom is 0.264 e. The number of amides is 2. The SMILES string of the molecule is CCCNC(=O)[C@@H](C)N(Cc1cccc(OC)c1)C(=O)CN(c1ccc(C(C)C)cc1)S(=O)(=O)c1ccc(C)cc1. The van der Waals surface area contributed by atoms with Gasteiger partial charge in [-0.15, -0.1) is 0 Å². The summed E-state index contributed by atoms with van der Waals surface area (Å²) in [6, 6.07) is 20.1. The number of carbonyl (C=O) groups excluding carboxylic acids is 2. The molecule has 0 aliphatic carbocycles. The topological polar surface area (TPSA) is 96.0 Å². The molecule has 1 N–H and O–H groups in total. The van der Waals surface area contributed by atoms with E-state index < -0.39 is 28.5 Å². The third kappa shape index (κ3) is 8.10. The normalized spacial score (nSPS) is 12.1. The van der Waals surface area contributed by atoms with Crippen molar-refractivity contribution in [2.75, 3.05) is 24.5 Å². The zero-order valence-corrected chi connectivity index (χ0v) is 25.6. The molecule has 0 aliphatic rings. The van der Waals surface area contributed by atoms with Gasteiger partial charge in [-0.3, -0.25) is 13.9 Å². The van der Waals surface area contributed by atoms with E-state index in [1.807, 2.05) is 38.1 Å². The van der Waals surface area contributed by atoms with Gasteiger partial charge in [0.2, 0.25) is 11.8 Å². The van der Waals surface area contributed by atoms with Crippen LogP contribution in [0.2, 0.25) is 0 Å². The molecular weight excluding hydrogens is 538 g/mol. The first-order valence-electron chi connectivity index (χ1n) is 13.9. The highest BCUT2D eigenvalue weighted by Crippen LogP contribution is 2.27. The van der Waals surface area contributed by atoms with E-state index >= 15 is 0 Å². The lowest BCUT2D eigenvalue weighted by molar-refractivity contribution is -0.139. The first-order chi connectivity index (χ1) is 19.5. The summed E-state index contributed by atoms with van der Waals surface area (Å²) in [4.78, 5) is 28.5. The molecule has 0 unspecified atom stereocenters. The summed E-state index contributed by atoms with van der Waals surface area (Å²) in [5, 5.41) is 2.85.